The predicted octanol–water partition coefficient (Wildman–Crippen LogP) is 2.42. The van der Waals surface area contributed by atoms with Gasteiger partial charge in [0, 0.05) is 16.6 Å². The third kappa shape index (κ3) is 4.97. The van der Waals surface area contributed by atoms with Crippen molar-refractivity contribution in [3.63, 3.8) is 0 Å². The van der Waals surface area contributed by atoms with E-state index in [-0.39, 0.29) is 11.9 Å². The maximum absolute atomic E-state index is 12.4. The number of amides is 1. The van der Waals surface area contributed by atoms with Crippen molar-refractivity contribution in [1.29, 1.82) is 0 Å². The van der Waals surface area contributed by atoms with E-state index in [0.29, 0.717) is 34.3 Å². The zero-order chi connectivity index (χ0) is 20.8. The normalized spacial score (nSPS) is 18.6. The number of hydrogen-bond donors (Lipinski definition) is 3. The van der Waals surface area contributed by atoms with E-state index in [1.54, 1.807) is 12.1 Å². The molecule has 2 aromatic rings. The van der Waals surface area contributed by atoms with Gasteiger partial charge >= 0.3 is 0 Å². The molecule has 1 heterocycles. The van der Waals surface area contributed by atoms with Gasteiger partial charge in [-0.05, 0) is 36.2 Å². The molecule has 1 amide bonds. The minimum Gasteiger partial charge on any atom is -0.493 e. The average Bonchev–Trinajstić information content (AvgIpc) is 3.23. The van der Waals surface area contributed by atoms with Crippen LogP contribution in [-0.4, -0.2) is 39.5 Å². The first kappa shape index (κ1) is 20.9. The lowest BCUT2D eigenvalue weighted by Crippen LogP contribution is -2.41. The van der Waals surface area contributed by atoms with E-state index in [1.165, 1.54) is 27.5 Å². The quantitative estimate of drug-likeness (QED) is 0.472. The Morgan fingerprint density at radius 1 is 1.10 bits per heavy atom. The minimum absolute atomic E-state index is 0.0158. The highest BCUT2D eigenvalue weighted by atomic mass is 35.5. The van der Waals surface area contributed by atoms with Crippen LogP contribution < -0.4 is 30.5 Å². The van der Waals surface area contributed by atoms with Crippen LogP contribution in [0.5, 0.6) is 17.2 Å². The second kappa shape index (κ2) is 9.60. The van der Waals surface area contributed by atoms with Gasteiger partial charge in [0.2, 0.25) is 5.75 Å². The van der Waals surface area contributed by atoms with Gasteiger partial charge in [0.1, 0.15) is 6.04 Å². The van der Waals surface area contributed by atoms with E-state index in [1.807, 2.05) is 24.3 Å². The zero-order valence-electron chi connectivity index (χ0n) is 16.4. The van der Waals surface area contributed by atoms with Crippen LogP contribution in [-0.2, 0) is 4.79 Å². The van der Waals surface area contributed by atoms with Gasteiger partial charge in [0.05, 0.1) is 27.5 Å². The molecule has 0 bridgehead atoms. The summed E-state index contributed by atoms with van der Waals surface area (Å²) in [6, 6.07) is 10.6. The molecule has 1 saturated heterocycles. The van der Waals surface area contributed by atoms with Gasteiger partial charge in [0.15, 0.2) is 11.5 Å². The van der Waals surface area contributed by atoms with Crippen molar-refractivity contribution < 1.29 is 19.0 Å². The molecular weight excluding hydrogens is 396 g/mol. The Hall–Kier alpha value is -2.81. The molecule has 29 heavy (non-hydrogen) atoms. The number of ether oxygens (including phenoxy) is 3. The monoisotopic (exact) mass is 418 g/mol. The molecular formula is C20H23ClN4O4. The number of hydrogen-bond acceptors (Lipinski definition) is 7. The molecule has 9 heteroatoms. The highest BCUT2D eigenvalue weighted by Crippen LogP contribution is 2.37. The van der Waals surface area contributed by atoms with E-state index in [2.05, 4.69) is 21.4 Å². The fourth-order valence-corrected chi connectivity index (χ4v) is 3.19. The largest absolute Gasteiger partial charge is 0.493 e. The molecule has 8 nitrogen and oxygen atoms in total. The van der Waals surface area contributed by atoms with Crippen LogP contribution in [0.15, 0.2) is 41.5 Å². The first-order chi connectivity index (χ1) is 14.0. The third-order valence-electron chi connectivity index (χ3n) is 4.57. The van der Waals surface area contributed by atoms with E-state index < -0.39 is 6.04 Å². The van der Waals surface area contributed by atoms with Crippen molar-refractivity contribution in [1.82, 2.24) is 16.3 Å². The van der Waals surface area contributed by atoms with Crippen molar-refractivity contribution in [3.8, 4) is 17.2 Å². The molecule has 3 N–H and O–H groups in total. The molecule has 1 aliphatic heterocycles. The number of carbonyl (C=O) groups is 1. The van der Waals surface area contributed by atoms with Crippen molar-refractivity contribution in [3.05, 3.63) is 52.5 Å². The lowest BCUT2D eigenvalue weighted by molar-refractivity contribution is -0.122. The Balaban J connectivity index is 1.61. The fourth-order valence-electron chi connectivity index (χ4n) is 3.07. The summed E-state index contributed by atoms with van der Waals surface area (Å²) in [5, 5.41) is 4.72. The summed E-state index contributed by atoms with van der Waals surface area (Å²) in [6.45, 7) is 0. The van der Waals surface area contributed by atoms with Crippen LogP contribution in [0.25, 0.3) is 0 Å². The second-order valence-electron chi connectivity index (χ2n) is 6.37. The van der Waals surface area contributed by atoms with Crippen LogP contribution in [0.1, 0.15) is 23.6 Å². The first-order valence-corrected chi connectivity index (χ1v) is 9.33. The fraction of sp³-hybridized carbons (Fsp3) is 0.300. The van der Waals surface area contributed by atoms with Crippen LogP contribution in [0.2, 0.25) is 5.02 Å². The second-order valence-corrected chi connectivity index (χ2v) is 6.81. The zero-order valence-corrected chi connectivity index (χ0v) is 17.1. The molecule has 0 saturated carbocycles. The average molecular weight is 419 g/mol. The summed E-state index contributed by atoms with van der Waals surface area (Å²) < 4.78 is 15.9. The molecule has 0 aliphatic carbocycles. The van der Waals surface area contributed by atoms with Crippen molar-refractivity contribution in [2.45, 2.75) is 18.5 Å². The molecule has 154 valence electrons. The van der Waals surface area contributed by atoms with Gasteiger partial charge in [-0.15, -0.1) is 0 Å². The smallest absolute Gasteiger partial charge is 0.258 e. The summed E-state index contributed by atoms with van der Waals surface area (Å²) in [5.41, 5.74) is 10.4. The van der Waals surface area contributed by atoms with Gasteiger partial charge in [-0.2, -0.15) is 5.10 Å². The molecule has 2 atom stereocenters. The minimum atomic E-state index is -0.409. The van der Waals surface area contributed by atoms with E-state index in [4.69, 9.17) is 25.8 Å². The van der Waals surface area contributed by atoms with Crippen molar-refractivity contribution >= 4 is 23.7 Å². The number of halogens is 1. The van der Waals surface area contributed by atoms with Crippen molar-refractivity contribution in [2.24, 2.45) is 5.10 Å². The third-order valence-corrected chi connectivity index (χ3v) is 4.82. The van der Waals surface area contributed by atoms with E-state index >= 15 is 0 Å². The van der Waals surface area contributed by atoms with Gasteiger partial charge in [0.25, 0.3) is 5.91 Å². The molecule has 1 fully saturated rings. The molecule has 3 rings (SSSR count). The highest BCUT2D eigenvalue weighted by Gasteiger charge is 2.30. The van der Waals surface area contributed by atoms with Crippen LogP contribution in [0.4, 0.5) is 0 Å². The Kier molecular flexibility index (Phi) is 6.92. The Morgan fingerprint density at radius 3 is 2.34 bits per heavy atom. The lowest BCUT2D eigenvalue weighted by atomic mass is 10.0. The van der Waals surface area contributed by atoms with Gasteiger partial charge in [-0.25, -0.2) is 16.3 Å². The van der Waals surface area contributed by atoms with Gasteiger partial charge in [-0.3, -0.25) is 4.79 Å². The first-order valence-electron chi connectivity index (χ1n) is 8.95. The summed E-state index contributed by atoms with van der Waals surface area (Å²) in [7, 11) is 4.61. The molecule has 2 unspecified atom stereocenters. The maximum Gasteiger partial charge on any atom is 0.258 e. The Morgan fingerprint density at radius 2 is 1.76 bits per heavy atom. The number of nitrogens with one attached hydrogen (secondary N) is 3. The lowest BCUT2D eigenvalue weighted by Gasteiger charge is -2.12. The number of hydrazine groups is 1. The molecule has 0 radical (unpaired) electrons. The molecule has 1 aliphatic rings. The van der Waals surface area contributed by atoms with E-state index in [9.17, 15) is 4.79 Å². The maximum atomic E-state index is 12.4. The van der Waals surface area contributed by atoms with Crippen LogP contribution in [0.3, 0.4) is 0 Å². The Bertz CT molecular complexity index is 864. The topological polar surface area (TPSA) is 93.2 Å². The van der Waals surface area contributed by atoms with Crippen LogP contribution >= 0.6 is 11.6 Å². The summed E-state index contributed by atoms with van der Waals surface area (Å²) >= 11 is 5.92. The molecule has 0 aromatic heterocycles. The number of methoxy groups -OCH3 is 3. The predicted molar refractivity (Wildman–Crippen MR) is 111 cm³/mol. The Labute approximate surface area is 174 Å². The highest BCUT2D eigenvalue weighted by molar-refractivity contribution is 6.30. The standard InChI is InChI=1S/C20H23ClN4O4/c1-27-17-8-12(9-18(28-2)19(17)29-3)11-22-25-20(26)16-10-15(23-24-16)13-4-6-14(21)7-5-13/h4-9,11,15-16,23-24H,10H2,1-3H3,(H,25,26)/b22-11+. The summed E-state index contributed by atoms with van der Waals surface area (Å²) in [4.78, 5) is 12.4. The number of carbonyl (C=O) groups excluding carboxylic acids is 1. The van der Waals surface area contributed by atoms with Gasteiger partial charge < -0.3 is 14.2 Å². The van der Waals surface area contributed by atoms with Crippen LogP contribution in [0, 0.1) is 0 Å². The number of rotatable bonds is 7. The number of hydrazone groups is 1. The van der Waals surface area contributed by atoms with E-state index in [0.717, 1.165) is 5.56 Å². The summed E-state index contributed by atoms with van der Waals surface area (Å²) in [6.07, 6.45) is 2.11. The molecule has 2 aromatic carbocycles. The summed E-state index contributed by atoms with van der Waals surface area (Å²) in [5.74, 6) is 1.27. The number of benzene rings is 2. The van der Waals surface area contributed by atoms with Gasteiger partial charge in [-0.1, -0.05) is 23.7 Å². The SMILES string of the molecule is COc1cc(/C=N/NC(=O)C2CC(c3ccc(Cl)cc3)NN2)cc(OC)c1OC. The molecule has 0 spiro atoms. The van der Waals surface area contributed by atoms with Crippen molar-refractivity contribution in [2.75, 3.05) is 21.3 Å². The number of nitrogens with zero attached hydrogens (tertiary/aromatic N) is 1.